The Kier molecular flexibility index (Phi) is 8.91. The molecule has 0 saturated carbocycles. The van der Waals surface area contributed by atoms with Crippen molar-refractivity contribution in [3.05, 3.63) is 59.1 Å². The number of nitrogens with one attached hydrogen (secondary N) is 1. The highest BCUT2D eigenvalue weighted by atomic mass is 35.5. The molecule has 29 heavy (non-hydrogen) atoms. The molecule has 1 unspecified atom stereocenters. The second-order valence-corrected chi connectivity index (χ2v) is 8.11. The first-order valence-electron chi connectivity index (χ1n) is 9.01. The zero-order chi connectivity index (χ0) is 21.3. The monoisotopic (exact) mass is 441 g/mol. The van der Waals surface area contributed by atoms with Gasteiger partial charge in [0.05, 0.1) is 31.1 Å². The molecule has 9 heteroatoms. The van der Waals surface area contributed by atoms with Gasteiger partial charge in [-0.15, -0.1) is 0 Å². The van der Waals surface area contributed by atoms with Gasteiger partial charge in [-0.2, -0.15) is 0 Å². The number of hydrogen-bond acceptors (Lipinski definition) is 6. The number of halogens is 1. The lowest BCUT2D eigenvalue weighted by Gasteiger charge is -2.19. The number of sulfonamides is 1. The van der Waals surface area contributed by atoms with Crippen molar-refractivity contribution in [2.24, 2.45) is 0 Å². The van der Waals surface area contributed by atoms with Crippen LogP contribution in [0.25, 0.3) is 0 Å². The minimum Gasteiger partial charge on any atom is -0.491 e. The Bertz CT molecular complexity index is 901. The van der Waals surface area contributed by atoms with Gasteiger partial charge in [-0.25, -0.2) is 13.1 Å². The summed E-state index contributed by atoms with van der Waals surface area (Å²) in [5.41, 5.74) is 0.485. The molecule has 7 nitrogen and oxygen atoms in total. The van der Waals surface area contributed by atoms with Gasteiger partial charge in [-0.05, 0) is 42.8 Å². The van der Waals surface area contributed by atoms with E-state index in [1.54, 1.807) is 36.4 Å². The van der Waals surface area contributed by atoms with Crippen LogP contribution in [0.15, 0.2) is 53.4 Å². The van der Waals surface area contributed by atoms with Gasteiger partial charge in [0.25, 0.3) is 0 Å². The van der Waals surface area contributed by atoms with E-state index in [1.165, 1.54) is 19.2 Å². The second kappa shape index (κ2) is 11.2. The van der Waals surface area contributed by atoms with Crippen molar-refractivity contribution in [1.29, 1.82) is 0 Å². The van der Waals surface area contributed by atoms with Crippen LogP contribution in [-0.4, -0.2) is 41.3 Å². The van der Waals surface area contributed by atoms with Crippen LogP contribution in [0.1, 0.15) is 24.9 Å². The molecule has 0 fully saturated rings. The van der Waals surface area contributed by atoms with Gasteiger partial charge in [0.1, 0.15) is 12.4 Å². The molecule has 0 aromatic heterocycles. The molecule has 2 aromatic carbocycles. The summed E-state index contributed by atoms with van der Waals surface area (Å²) in [6, 6.07) is 11.8. The van der Waals surface area contributed by atoms with E-state index >= 15 is 0 Å². The molecule has 0 bridgehead atoms. The van der Waals surface area contributed by atoms with E-state index in [2.05, 4.69) is 9.46 Å². The number of rotatable bonds is 11. The van der Waals surface area contributed by atoms with Crippen LogP contribution in [-0.2, 0) is 24.3 Å². The number of hydrogen-bond donors (Lipinski definition) is 1. The molecule has 1 atom stereocenters. The number of esters is 1. The molecule has 1 N–H and O–H groups in total. The van der Waals surface area contributed by atoms with Gasteiger partial charge >= 0.3 is 5.97 Å². The molecular formula is C20H24ClNO6S. The fourth-order valence-corrected chi connectivity index (χ4v) is 4.04. The molecule has 0 heterocycles. The van der Waals surface area contributed by atoms with Crippen molar-refractivity contribution in [1.82, 2.24) is 4.72 Å². The largest absolute Gasteiger partial charge is 0.491 e. The maximum atomic E-state index is 12.8. The van der Waals surface area contributed by atoms with Gasteiger partial charge in [0.2, 0.25) is 10.0 Å². The predicted molar refractivity (Wildman–Crippen MR) is 110 cm³/mol. The zero-order valence-corrected chi connectivity index (χ0v) is 17.8. The van der Waals surface area contributed by atoms with E-state index in [0.29, 0.717) is 36.2 Å². The zero-order valence-electron chi connectivity index (χ0n) is 16.3. The summed E-state index contributed by atoms with van der Waals surface area (Å²) in [5, 5.41) is 0.349. The third-order valence-electron chi connectivity index (χ3n) is 4.01. The maximum absolute atomic E-state index is 12.8. The van der Waals surface area contributed by atoms with Crippen molar-refractivity contribution in [2.45, 2.75) is 24.3 Å². The fourth-order valence-electron chi connectivity index (χ4n) is 2.56. The topological polar surface area (TPSA) is 90.9 Å². The molecule has 2 rings (SSSR count). The van der Waals surface area contributed by atoms with Crippen LogP contribution in [0.5, 0.6) is 5.75 Å². The van der Waals surface area contributed by atoms with Crippen LogP contribution in [0.4, 0.5) is 0 Å². The quantitative estimate of drug-likeness (QED) is 0.425. The Morgan fingerprint density at radius 2 is 1.79 bits per heavy atom. The van der Waals surface area contributed by atoms with Gasteiger partial charge in [-0.1, -0.05) is 29.8 Å². The standard InChI is InChI=1S/C20H24ClNO6S/c1-3-27-12-13-28-15-8-10-16(11-9-15)29(24,25)22-19(14-20(23)26-2)17-6-4-5-7-18(17)21/h4-11,19,22H,3,12-14H2,1-2H3. The van der Waals surface area contributed by atoms with E-state index in [4.69, 9.17) is 21.1 Å². The van der Waals surface area contributed by atoms with Crippen LogP contribution in [0, 0.1) is 0 Å². The number of carbonyl (C=O) groups excluding carboxylic acids is 1. The minimum absolute atomic E-state index is 0.0385. The summed E-state index contributed by atoms with van der Waals surface area (Å²) in [6.07, 6.45) is -0.196. The molecule has 0 aliphatic carbocycles. The molecule has 0 radical (unpaired) electrons. The van der Waals surface area contributed by atoms with E-state index in [-0.39, 0.29) is 11.3 Å². The van der Waals surface area contributed by atoms with Crippen molar-refractivity contribution >= 4 is 27.6 Å². The van der Waals surface area contributed by atoms with Crippen LogP contribution in [0.2, 0.25) is 5.02 Å². The third kappa shape index (κ3) is 7.01. The Hall–Kier alpha value is -2.13. The van der Waals surface area contributed by atoms with Crippen molar-refractivity contribution in [3.63, 3.8) is 0 Å². The molecule has 0 saturated heterocycles. The fraction of sp³-hybridized carbons (Fsp3) is 0.350. The number of ether oxygens (including phenoxy) is 3. The average Bonchev–Trinajstić information content (AvgIpc) is 2.71. The molecule has 2 aromatic rings. The average molecular weight is 442 g/mol. The van der Waals surface area contributed by atoms with Gasteiger partial charge in [0.15, 0.2) is 0 Å². The lowest BCUT2D eigenvalue weighted by Crippen LogP contribution is -2.30. The minimum atomic E-state index is -3.92. The van der Waals surface area contributed by atoms with Gasteiger partial charge in [0, 0.05) is 11.6 Å². The van der Waals surface area contributed by atoms with Crippen LogP contribution in [0.3, 0.4) is 0 Å². The van der Waals surface area contributed by atoms with E-state index < -0.39 is 22.0 Å². The SMILES string of the molecule is CCOCCOc1ccc(S(=O)(=O)NC(CC(=O)OC)c2ccccc2Cl)cc1. The van der Waals surface area contributed by atoms with Crippen LogP contribution < -0.4 is 9.46 Å². The molecular weight excluding hydrogens is 418 g/mol. The number of methoxy groups -OCH3 is 1. The van der Waals surface area contributed by atoms with Crippen LogP contribution >= 0.6 is 11.6 Å². The molecule has 0 aliphatic heterocycles. The molecule has 0 aliphatic rings. The smallest absolute Gasteiger partial charge is 0.307 e. The van der Waals surface area contributed by atoms with Gasteiger partial charge < -0.3 is 14.2 Å². The third-order valence-corrected chi connectivity index (χ3v) is 5.84. The first-order chi connectivity index (χ1) is 13.9. The Morgan fingerprint density at radius 3 is 2.41 bits per heavy atom. The Morgan fingerprint density at radius 1 is 1.10 bits per heavy atom. The summed E-state index contributed by atoms with van der Waals surface area (Å²) in [7, 11) is -2.68. The second-order valence-electron chi connectivity index (χ2n) is 5.99. The summed E-state index contributed by atoms with van der Waals surface area (Å²) in [5.74, 6) is -0.0310. The number of benzene rings is 2. The number of carbonyl (C=O) groups is 1. The summed E-state index contributed by atoms with van der Waals surface area (Å²) < 4.78 is 43.6. The summed E-state index contributed by atoms with van der Waals surface area (Å²) >= 11 is 6.20. The van der Waals surface area contributed by atoms with Crippen molar-refractivity contribution in [2.75, 3.05) is 26.9 Å². The Labute approximate surface area is 176 Å². The molecule has 0 spiro atoms. The summed E-state index contributed by atoms with van der Waals surface area (Å²) in [4.78, 5) is 11.8. The summed E-state index contributed by atoms with van der Waals surface area (Å²) in [6.45, 7) is 3.31. The lowest BCUT2D eigenvalue weighted by molar-refractivity contribution is -0.141. The first-order valence-corrected chi connectivity index (χ1v) is 10.9. The highest BCUT2D eigenvalue weighted by Gasteiger charge is 2.25. The van der Waals surface area contributed by atoms with Crippen molar-refractivity contribution < 1.29 is 27.4 Å². The van der Waals surface area contributed by atoms with E-state index in [1.807, 2.05) is 6.92 Å². The predicted octanol–water partition coefficient (Wildman–Crippen LogP) is 3.34. The lowest BCUT2D eigenvalue weighted by atomic mass is 10.1. The van der Waals surface area contributed by atoms with Crippen molar-refractivity contribution in [3.8, 4) is 5.75 Å². The molecule has 0 amide bonds. The van der Waals surface area contributed by atoms with E-state index in [9.17, 15) is 13.2 Å². The Balaban J connectivity index is 2.17. The maximum Gasteiger partial charge on any atom is 0.307 e. The first kappa shape index (κ1) is 23.2. The highest BCUT2D eigenvalue weighted by Crippen LogP contribution is 2.27. The highest BCUT2D eigenvalue weighted by molar-refractivity contribution is 7.89. The van der Waals surface area contributed by atoms with Gasteiger partial charge in [-0.3, -0.25) is 4.79 Å². The molecule has 158 valence electrons. The normalized spacial score (nSPS) is 12.4. The van der Waals surface area contributed by atoms with E-state index in [0.717, 1.165) is 0 Å².